The molecule has 2 N–H and O–H groups in total. The summed E-state index contributed by atoms with van der Waals surface area (Å²) < 4.78 is 18.7. The first-order valence-corrected chi connectivity index (χ1v) is 6.61. The van der Waals surface area contributed by atoms with Gasteiger partial charge in [-0.25, -0.2) is 9.18 Å². The molecule has 3 rings (SSSR count). The van der Waals surface area contributed by atoms with Crippen molar-refractivity contribution >= 4 is 5.97 Å². The molecule has 5 heteroatoms. The zero-order chi connectivity index (χ0) is 14.8. The lowest BCUT2D eigenvalue weighted by molar-refractivity contribution is 0.0696. The van der Waals surface area contributed by atoms with Crippen LogP contribution in [0.4, 0.5) is 4.39 Å². The second-order valence-corrected chi connectivity index (χ2v) is 4.92. The average Bonchev–Trinajstić information content (AvgIpc) is 2.70. The third kappa shape index (κ3) is 2.87. The second kappa shape index (κ2) is 5.54. The predicted molar refractivity (Wildman–Crippen MR) is 74.9 cm³/mol. The largest absolute Gasteiger partial charge is 0.491 e. The molecule has 0 saturated carbocycles. The SMILES string of the molecule is O=C(O)c1ccc2c(c1)OCC(c1ccc(F)cc1)NC2. The molecule has 1 unspecified atom stereocenters. The molecule has 108 valence electrons. The third-order valence-electron chi connectivity index (χ3n) is 3.53. The van der Waals surface area contributed by atoms with Crippen LogP contribution < -0.4 is 10.1 Å². The molecule has 0 bridgehead atoms. The van der Waals surface area contributed by atoms with E-state index in [-0.39, 0.29) is 17.4 Å². The number of nitrogens with one attached hydrogen (secondary N) is 1. The number of rotatable bonds is 2. The summed E-state index contributed by atoms with van der Waals surface area (Å²) in [5, 5.41) is 12.3. The van der Waals surface area contributed by atoms with Crippen LogP contribution in [0, 0.1) is 5.82 Å². The average molecular weight is 287 g/mol. The minimum atomic E-state index is -0.978. The fourth-order valence-corrected chi connectivity index (χ4v) is 2.34. The van der Waals surface area contributed by atoms with E-state index in [9.17, 15) is 9.18 Å². The summed E-state index contributed by atoms with van der Waals surface area (Å²) in [6, 6.07) is 11.0. The Morgan fingerprint density at radius 2 is 2.00 bits per heavy atom. The third-order valence-corrected chi connectivity index (χ3v) is 3.53. The van der Waals surface area contributed by atoms with Gasteiger partial charge >= 0.3 is 5.97 Å². The molecule has 21 heavy (non-hydrogen) atoms. The van der Waals surface area contributed by atoms with Crippen molar-refractivity contribution in [3.63, 3.8) is 0 Å². The van der Waals surface area contributed by atoms with Gasteiger partial charge in [0.25, 0.3) is 0 Å². The van der Waals surface area contributed by atoms with E-state index in [1.807, 2.05) is 0 Å². The van der Waals surface area contributed by atoms with Crippen LogP contribution in [-0.4, -0.2) is 17.7 Å². The molecule has 1 aliphatic heterocycles. The van der Waals surface area contributed by atoms with Gasteiger partial charge in [-0.2, -0.15) is 0 Å². The van der Waals surface area contributed by atoms with Gasteiger partial charge in [-0.1, -0.05) is 18.2 Å². The first-order chi connectivity index (χ1) is 10.1. The molecular weight excluding hydrogens is 273 g/mol. The van der Waals surface area contributed by atoms with E-state index in [2.05, 4.69) is 5.32 Å². The molecule has 2 aromatic rings. The van der Waals surface area contributed by atoms with E-state index >= 15 is 0 Å². The molecule has 1 atom stereocenters. The van der Waals surface area contributed by atoms with Crippen LogP contribution >= 0.6 is 0 Å². The molecule has 0 radical (unpaired) electrons. The maximum atomic E-state index is 13.0. The molecule has 0 aromatic heterocycles. The number of aromatic carboxylic acids is 1. The number of carboxylic acid groups (broad SMARTS) is 1. The molecule has 2 aromatic carbocycles. The van der Waals surface area contributed by atoms with Gasteiger partial charge in [0.2, 0.25) is 0 Å². The van der Waals surface area contributed by atoms with Crippen LogP contribution in [0.15, 0.2) is 42.5 Å². The predicted octanol–water partition coefficient (Wildman–Crippen LogP) is 2.75. The Balaban J connectivity index is 1.81. The van der Waals surface area contributed by atoms with Crippen molar-refractivity contribution in [3.05, 3.63) is 65.0 Å². The van der Waals surface area contributed by atoms with Crippen LogP contribution in [0.1, 0.15) is 27.5 Å². The van der Waals surface area contributed by atoms with E-state index in [0.29, 0.717) is 18.9 Å². The van der Waals surface area contributed by atoms with Crippen LogP contribution in [0.2, 0.25) is 0 Å². The fraction of sp³-hybridized carbons (Fsp3) is 0.188. The summed E-state index contributed by atoms with van der Waals surface area (Å²) in [6.07, 6.45) is 0. The van der Waals surface area contributed by atoms with Gasteiger partial charge in [0.1, 0.15) is 18.2 Å². The Kier molecular flexibility index (Phi) is 3.58. The van der Waals surface area contributed by atoms with Crippen LogP contribution in [0.3, 0.4) is 0 Å². The molecule has 0 aliphatic carbocycles. The standard InChI is InChI=1S/C16H14FNO3/c17-13-5-3-10(4-6-13)14-9-21-15-7-11(16(19)20)1-2-12(15)8-18-14/h1-7,14,18H,8-9H2,(H,19,20). The molecule has 4 nitrogen and oxygen atoms in total. The number of hydrogen-bond donors (Lipinski definition) is 2. The number of benzene rings is 2. The van der Waals surface area contributed by atoms with E-state index in [4.69, 9.17) is 9.84 Å². The number of carboxylic acids is 1. The highest BCUT2D eigenvalue weighted by Crippen LogP contribution is 2.26. The maximum Gasteiger partial charge on any atom is 0.335 e. The first kappa shape index (κ1) is 13.6. The highest BCUT2D eigenvalue weighted by atomic mass is 19.1. The van der Waals surface area contributed by atoms with Crippen molar-refractivity contribution < 1.29 is 19.0 Å². The molecule has 1 heterocycles. The monoisotopic (exact) mass is 287 g/mol. The lowest BCUT2D eigenvalue weighted by Crippen LogP contribution is -2.23. The number of hydrogen-bond acceptors (Lipinski definition) is 3. The molecule has 0 saturated heterocycles. The van der Waals surface area contributed by atoms with Gasteiger partial charge < -0.3 is 15.2 Å². The van der Waals surface area contributed by atoms with Gasteiger partial charge in [0.05, 0.1) is 11.6 Å². The highest BCUT2D eigenvalue weighted by Gasteiger charge is 2.19. The van der Waals surface area contributed by atoms with E-state index in [0.717, 1.165) is 11.1 Å². The summed E-state index contributed by atoms with van der Waals surface area (Å²) in [6.45, 7) is 0.930. The zero-order valence-electron chi connectivity index (χ0n) is 11.2. The molecule has 1 aliphatic rings. The summed E-state index contributed by atoms with van der Waals surface area (Å²) in [5.41, 5.74) is 2.04. The Hall–Kier alpha value is -2.40. The quantitative estimate of drug-likeness (QED) is 0.891. The van der Waals surface area contributed by atoms with Gasteiger partial charge in [0, 0.05) is 12.1 Å². The lowest BCUT2D eigenvalue weighted by Gasteiger charge is -2.15. The molecule has 0 spiro atoms. The molecule has 0 amide bonds. The van der Waals surface area contributed by atoms with Gasteiger partial charge in [-0.05, 0) is 29.8 Å². The van der Waals surface area contributed by atoms with Gasteiger partial charge in [-0.15, -0.1) is 0 Å². The maximum absolute atomic E-state index is 13.0. The van der Waals surface area contributed by atoms with Gasteiger partial charge in [-0.3, -0.25) is 0 Å². The lowest BCUT2D eigenvalue weighted by atomic mass is 10.1. The molecule has 0 fully saturated rings. The fourth-order valence-electron chi connectivity index (χ4n) is 2.34. The topological polar surface area (TPSA) is 58.6 Å². The summed E-state index contributed by atoms with van der Waals surface area (Å²) in [5.74, 6) is -0.677. The normalized spacial score (nSPS) is 17.5. The summed E-state index contributed by atoms with van der Waals surface area (Å²) in [7, 11) is 0. The minimum absolute atomic E-state index is 0.0636. The number of fused-ring (bicyclic) bond motifs is 1. The highest BCUT2D eigenvalue weighted by molar-refractivity contribution is 5.88. The molecular formula is C16H14FNO3. The van der Waals surface area contributed by atoms with Crippen molar-refractivity contribution in [2.24, 2.45) is 0 Å². The summed E-state index contributed by atoms with van der Waals surface area (Å²) >= 11 is 0. The van der Waals surface area contributed by atoms with Crippen molar-refractivity contribution in [2.75, 3.05) is 6.61 Å². The van der Waals surface area contributed by atoms with Gasteiger partial charge in [0.15, 0.2) is 0 Å². The van der Waals surface area contributed by atoms with E-state index < -0.39 is 5.97 Å². The Morgan fingerprint density at radius 3 is 2.71 bits per heavy atom. The smallest absolute Gasteiger partial charge is 0.335 e. The second-order valence-electron chi connectivity index (χ2n) is 4.92. The van der Waals surface area contributed by atoms with Crippen molar-refractivity contribution in [3.8, 4) is 5.75 Å². The Labute approximate surface area is 121 Å². The van der Waals surface area contributed by atoms with Crippen LogP contribution in [0.25, 0.3) is 0 Å². The van der Waals surface area contributed by atoms with Crippen molar-refractivity contribution in [1.29, 1.82) is 0 Å². The first-order valence-electron chi connectivity index (χ1n) is 6.61. The van der Waals surface area contributed by atoms with E-state index in [1.165, 1.54) is 18.2 Å². The van der Waals surface area contributed by atoms with Crippen LogP contribution in [0.5, 0.6) is 5.75 Å². The Morgan fingerprint density at radius 1 is 1.24 bits per heavy atom. The summed E-state index contributed by atoms with van der Waals surface area (Å²) in [4.78, 5) is 11.0. The minimum Gasteiger partial charge on any atom is -0.491 e. The Bertz CT molecular complexity index is 670. The number of carbonyl (C=O) groups is 1. The number of halogens is 1. The van der Waals surface area contributed by atoms with Crippen molar-refractivity contribution in [1.82, 2.24) is 5.32 Å². The zero-order valence-corrected chi connectivity index (χ0v) is 11.2. The number of ether oxygens (including phenoxy) is 1. The van der Waals surface area contributed by atoms with Crippen LogP contribution in [-0.2, 0) is 6.54 Å². The van der Waals surface area contributed by atoms with Crippen molar-refractivity contribution in [2.45, 2.75) is 12.6 Å². The van der Waals surface area contributed by atoms with E-state index in [1.54, 1.807) is 24.3 Å².